The summed E-state index contributed by atoms with van der Waals surface area (Å²) in [6.45, 7) is 4.36. The maximum atomic E-state index is 6.10. The molecule has 6 heteroatoms. The van der Waals surface area contributed by atoms with Crippen molar-refractivity contribution in [3.05, 3.63) is 66.3 Å². The highest BCUT2D eigenvalue weighted by Gasteiger charge is 2.27. The van der Waals surface area contributed by atoms with Gasteiger partial charge < -0.3 is 9.26 Å². The van der Waals surface area contributed by atoms with E-state index in [1.54, 1.807) is 12.4 Å². The number of pyridine rings is 1. The Labute approximate surface area is 146 Å². The molecule has 0 N–H and O–H groups in total. The summed E-state index contributed by atoms with van der Waals surface area (Å²) >= 11 is 0. The summed E-state index contributed by atoms with van der Waals surface area (Å²) in [5.41, 5.74) is 2.05. The van der Waals surface area contributed by atoms with E-state index in [-0.39, 0.29) is 12.2 Å². The third-order valence-electron chi connectivity index (χ3n) is 4.25. The molecule has 3 aromatic rings. The van der Waals surface area contributed by atoms with E-state index in [9.17, 15) is 0 Å². The van der Waals surface area contributed by atoms with Crippen LogP contribution in [-0.2, 0) is 11.3 Å². The first-order valence-corrected chi connectivity index (χ1v) is 8.43. The van der Waals surface area contributed by atoms with Gasteiger partial charge in [0, 0.05) is 31.0 Å². The van der Waals surface area contributed by atoms with Gasteiger partial charge in [0.05, 0.1) is 18.8 Å². The van der Waals surface area contributed by atoms with Crippen molar-refractivity contribution in [2.45, 2.75) is 25.7 Å². The van der Waals surface area contributed by atoms with Crippen molar-refractivity contribution in [1.82, 2.24) is 20.0 Å². The zero-order valence-corrected chi connectivity index (χ0v) is 14.1. The Morgan fingerprint density at radius 3 is 2.80 bits per heavy atom. The molecule has 1 saturated heterocycles. The summed E-state index contributed by atoms with van der Waals surface area (Å²) in [5.74, 6) is 1.18. The number of benzene rings is 1. The quantitative estimate of drug-likeness (QED) is 0.729. The minimum absolute atomic E-state index is 0.0608. The van der Waals surface area contributed by atoms with E-state index >= 15 is 0 Å². The number of hydrogen-bond acceptors (Lipinski definition) is 6. The minimum atomic E-state index is 0.0608. The van der Waals surface area contributed by atoms with Gasteiger partial charge in [-0.3, -0.25) is 9.88 Å². The maximum Gasteiger partial charge on any atom is 0.241 e. The molecule has 0 amide bonds. The predicted octanol–water partition coefficient (Wildman–Crippen LogP) is 3.09. The lowest BCUT2D eigenvalue weighted by atomic mass is 10.1. The highest BCUT2D eigenvalue weighted by atomic mass is 16.5. The fourth-order valence-corrected chi connectivity index (χ4v) is 3.14. The van der Waals surface area contributed by atoms with E-state index in [4.69, 9.17) is 9.26 Å². The molecule has 0 bridgehead atoms. The zero-order chi connectivity index (χ0) is 17.1. The summed E-state index contributed by atoms with van der Waals surface area (Å²) in [6.07, 6.45) is 3.67. The maximum absolute atomic E-state index is 6.10. The Morgan fingerprint density at radius 1 is 1.12 bits per heavy atom. The minimum Gasteiger partial charge on any atom is -0.368 e. The smallest absolute Gasteiger partial charge is 0.241 e. The first-order valence-electron chi connectivity index (χ1n) is 8.43. The number of nitrogens with zero attached hydrogens (tertiary/aromatic N) is 4. The van der Waals surface area contributed by atoms with Crippen LogP contribution in [0.4, 0.5) is 0 Å². The third-order valence-corrected chi connectivity index (χ3v) is 4.25. The van der Waals surface area contributed by atoms with Crippen molar-refractivity contribution in [2.75, 3.05) is 13.1 Å². The average Bonchev–Trinajstić information content (AvgIpc) is 3.11. The molecule has 0 unspecified atom stereocenters. The van der Waals surface area contributed by atoms with Crippen LogP contribution >= 0.6 is 0 Å². The van der Waals surface area contributed by atoms with Gasteiger partial charge in [-0.05, 0) is 24.6 Å². The Bertz CT molecular complexity index is 807. The van der Waals surface area contributed by atoms with Crippen molar-refractivity contribution in [3.8, 4) is 11.4 Å². The molecule has 1 aromatic carbocycles. The normalized spacial score (nSPS) is 21.3. The van der Waals surface area contributed by atoms with Crippen molar-refractivity contribution >= 4 is 0 Å². The predicted molar refractivity (Wildman–Crippen MR) is 92.5 cm³/mol. The molecule has 4 rings (SSSR count). The van der Waals surface area contributed by atoms with Crippen LogP contribution in [0.2, 0.25) is 0 Å². The number of hydrogen-bond donors (Lipinski definition) is 0. The Kier molecular flexibility index (Phi) is 4.54. The van der Waals surface area contributed by atoms with Gasteiger partial charge in [0.2, 0.25) is 11.7 Å². The fourth-order valence-electron chi connectivity index (χ4n) is 3.14. The SMILES string of the molecule is C[C@H]1CN(Cc2nc(-c3cccnc3)no2)C[C@H](c2ccccc2)O1. The molecule has 1 aliphatic rings. The molecule has 0 saturated carbocycles. The number of ether oxygens (including phenoxy) is 1. The second-order valence-corrected chi connectivity index (χ2v) is 6.29. The van der Waals surface area contributed by atoms with E-state index in [1.807, 2.05) is 30.3 Å². The average molecular weight is 336 g/mol. The molecule has 0 radical (unpaired) electrons. The van der Waals surface area contributed by atoms with Crippen LogP contribution < -0.4 is 0 Å². The molecule has 1 aliphatic heterocycles. The van der Waals surface area contributed by atoms with Crippen LogP contribution in [0.1, 0.15) is 24.5 Å². The van der Waals surface area contributed by atoms with Gasteiger partial charge in [-0.25, -0.2) is 0 Å². The van der Waals surface area contributed by atoms with Crippen LogP contribution in [-0.4, -0.2) is 39.2 Å². The molecular weight excluding hydrogens is 316 g/mol. The fraction of sp³-hybridized carbons (Fsp3) is 0.316. The van der Waals surface area contributed by atoms with E-state index in [0.717, 1.165) is 18.7 Å². The first-order chi connectivity index (χ1) is 12.3. The molecule has 2 aromatic heterocycles. The number of aromatic nitrogens is 3. The van der Waals surface area contributed by atoms with Crippen LogP contribution in [0.3, 0.4) is 0 Å². The Hall–Kier alpha value is -2.57. The molecule has 0 aliphatic carbocycles. The van der Waals surface area contributed by atoms with E-state index in [2.05, 4.69) is 39.1 Å². The summed E-state index contributed by atoms with van der Waals surface area (Å²) in [5, 5.41) is 4.06. The number of morpholine rings is 1. The second kappa shape index (κ2) is 7.13. The molecule has 6 nitrogen and oxygen atoms in total. The highest BCUT2D eigenvalue weighted by molar-refractivity contribution is 5.51. The first kappa shape index (κ1) is 15.9. The van der Waals surface area contributed by atoms with Crippen LogP contribution in [0.15, 0.2) is 59.4 Å². The molecule has 2 atom stereocenters. The summed E-state index contributed by atoms with van der Waals surface area (Å²) in [4.78, 5) is 10.9. The van der Waals surface area contributed by atoms with Gasteiger partial charge in [0.25, 0.3) is 0 Å². The van der Waals surface area contributed by atoms with Gasteiger partial charge in [0.1, 0.15) is 0 Å². The van der Waals surface area contributed by atoms with E-state index in [0.29, 0.717) is 18.3 Å². The van der Waals surface area contributed by atoms with Crippen LogP contribution in [0.5, 0.6) is 0 Å². The van der Waals surface area contributed by atoms with Gasteiger partial charge in [-0.2, -0.15) is 4.98 Å². The van der Waals surface area contributed by atoms with Crippen molar-refractivity contribution < 1.29 is 9.26 Å². The topological polar surface area (TPSA) is 64.3 Å². The van der Waals surface area contributed by atoms with Crippen molar-refractivity contribution in [1.29, 1.82) is 0 Å². The molecule has 128 valence electrons. The number of rotatable bonds is 4. The highest BCUT2D eigenvalue weighted by Crippen LogP contribution is 2.26. The van der Waals surface area contributed by atoms with E-state index in [1.165, 1.54) is 5.56 Å². The summed E-state index contributed by atoms with van der Waals surface area (Å²) in [6, 6.07) is 14.1. The molecule has 25 heavy (non-hydrogen) atoms. The zero-order valence-electron chi connectivity index (χ0n) is 14.1. The molecule has 1 fully saturated rings. The van der Waals surface area contributed by atoms with Crippen LogP contribution in [0.25, 0.3) is 11.4 Å². The third kappa shape index (κ3) is 3.75. The van der Waals surface area contributed by atoms with Crippen molar-refractivity contribution in [2.24, 2.45) is 0 Å². The molecule has 3 heterocycles. The van der Waals surface area contributed by atoms with Crippen LogP contribution in [0, 0.1) is 0 Å². The van der Waals surface area contributed by atoms with Gasteiger partial charge in [-0.15, -0.1) is 0 Å². The Balaban J connectivity index is 1.46. The lowest BCUT2D eigenvalue weighted by Crippen LogP contribution is -2.42. The molecular formula is C19H20N4O2. The summed E-state index contributed by atoms with van der Waals surface area (Å²) in [7, 11) is 0. The lowest BCUT2D eigenvalue weighted by molar-refractivity contribution is -0.0832. The van der Waals surface area contributed by atoms with Gasteiger partial charge >= 0.3 is 0 Å². The monoisotopic (exact) mass is 336 g/mol. The van der Waals surface area contributed by atoms with Gasteiger partial charge in [0.15, 0.2) is 0 Å². The van der Waals surface area contributed by atoms with Gasteiger partial charge in [-0.1, -0.05) is 35.5 Å². The lowest BCUT2D eigenvalue weighted by Gasteiger charge is -2.36. The van der Waals surface area contributed by atoms with E-state index < -0.39 is 0 Å². The second-order valence-electron chi connectivity index (χ2n) is 6.29. The standard InChI is InChI=1S/C19H20N4O2/c1-14-11-23(12-17(24-14)15-6-3-2-4-7-15)13-18-21-19(22-25-18)16-8-5-9-20-10-16/h2-10,14,17H,11-13H2,1H3/t14-,17+/m0/s1. The largest absolute Gasteiger partial charge is 0.368 e. The molecule has 0 spiro atoms. The Morgan fingerprint density at radius 2 is 2.00 bits per heavy atom. The van der Waals surface area contributed by atoms with Crippen molar-refractivity contribution in [3.63, 3.8) is 0 Å². The summed E-state index contributed by atoms with van der Waals surface area (Å²) < 4.78 is 11.5.